The number of hydrogen-bond acceptors (Lipinski definition) is 3. The topological polar surface area (TPSA) is 45.2 Å². The van der Waals surface area contributed by atoms with Gasteiger partial charge in [-0.05, 0) is 43.9 Å². The molecule has 1 heterocycles. The van der Waals surface area contributed by atoms with Gasteiger partial charge in [0.25, 0.3) is 5.91 Å². The summed E-state index contributed by atoms with van der Waals surface area (Å²) in [5, 5.41) is 3.97. The molecule has 3 rings (SSSR count). The van der Waals surface area contributed by atoms with Gasteiger partial charge in [0.2, 0.25) is 0 Å². The number of halogens is 2. The standard InChI is InChI=1S/C20H19ClFN3O/c1-25(2)18(13-7-9-14(22)10-8-13)12-23-20(26)16-11-19(21)24-17-6-4-3-5-15(16)17/h3-11,18H,12H2,1-2H3,(H,23,26). The maximum absolute atomic E-state index is 13.2. The van der Waals surface area contributed by atoms with E-state index >= 15 is 0 Å². The van der Waals surface area contributed by atoms with E-state index in [1.54, 1.807) is 18.2 Å². The average Bonchev–Trinajstić information content (AvgIpc) is 2.62. The van der Waals surface area contributed by atoms with Crippen molar-refractivity contribution in [1.82, 2.24) is 15.2 Å². The first-order chi connectivity index (χ1) is 12.5. The summed E-state index contributed by atoms with van der Waals surface area (Å²) in [6.45, 7) is 0.381. The number of hydrogen-bond donors (Lipinski definition) is 1. The molecule has 1 atom stereocenters. The minimum absolute atomic E-state index is 0.0804. The van der Waals surface area contributed by atoms with Crippen molar-refractivity contribution in [3.63, 3.8) is 0 Å². The van der Waals surface area contributed by atoms with Crippen molar-refractivity contribution in [2.45, 2.75) is 6.04 Å². The van der Waals surface area contributed by atoms with Gasteiger partial charge in [0.05, 0.1) is 17.1 Å². The predicted molar refractivity (Wildman–Crippen MR) is 102 cm³/mol. The fraction of sp³-hybridized carbons (Fsp3) is 0.200. The van der Waals surface area contributed by atoms with Gasteiger partial charge in [0, 0.05) is 11.9 Å². The molecule has 1 unspecified atom stereocenters. The molecule has 1 amide bonds. The zero-order chi connectivity index (χ0) is 18.7. The third-order valence-corrected chi connectivity index (χ3v) is 4.46. The molecule has 0 saturated heterocycles. The van der Waals surface area contributed by atoms with Gasteiger partial charge in [0.1, 0.15) is 11.0 Å². The van der Waals surface area contributed by atoms with Gasteiger partial charge in [-0.15, -0.1) is 0 Å². The number of carbonyl (C=O) groups is 1. The summed E-state index contributed by atoms with van der Waals surface area (Å²) in [7, 11) is 3.83. The molecule has 0 saturated carbocycles. The van der Waals surface area contributed by atoms with E-state index in [0.717, 1.165) is 10.9 Å². The second-order valence-electron chi connectivity index (χ2n) is 6.25. The van der Waals surface area contributed by atoms with Crippen LogP contribution in [0.25, 0.3) is 10.9 Å². The van der Waals surface area contributed by atoms with Crippen LogP contribution in [0.5, 0.6) is 0 Å². The van der Waals surface area contributed by atoms with Crippen LogP contribution >= 0.6 is 11.6 Å². The summed E-state index contributed by atoms with van der Waals surface area (Å²) in [4.78, 5) is 19.0. The highest BCUT2D eigenvalue weighted by Crippen LogP contribution is 2.22. The van der Waals surface area contributed by atoms with Crippen LogP contribution in [0.3, 0.4) is 0 Å². The Morgan fingerprint density at radius 2 is 1.88 bits per heavy atom. The largest absolute Gasteiger partial charge is 0.350 e. The Kier molecular flexibility index (Phi) is 5.49. The lowest BCUT2D eigenvalue weighted by atomic mass is 10.1. The Morgan fingerprint density at radius 3 is 2.58 bits per heavy atom. The van der Waals surface area contributed by atoms with Crippen molar-refractivity contribution in [2.24, 2.45) is 0 Å². The van der Waals surface area contributed by atoms with Crippen LogP contribution < -0.4 is 5.32 Å². The summed E-state index contributed by atoms with van der Waals surface area (Å²) in [6.07, 6.45) is 0. The van der Waals surface area contributed by atoms with E-state index in [4.69, 9.17) is 11.6 Å². The average molecular weight is 372 g/mol. The first-order valence-electron chi connectivity index (χ1n) is 8.21. The highest BCUT2D eigenvalue weighted by Gasteiger charge is 2.18. The minimum Gasteiger partial charge on any atom is -0.350 e. The van der Waals surface area contributed by atoms with Crippen molar-refractivity contribution in [2.75, 3.05) is 20.6 Å². The molecule has 0 aliphatic heterocycles. The summed E-state index contributed by atoms with van der Waals surface area (Å²) >= 11 is 6.06. The lowest BCUT2D eigenvalue weighted by molar-refractivity contribution is 0.0943. The number of nitrogens with zero attached hydrogens (tertiary/aromatic N) is 2. The number of benzene rings is 2. The number of fused-ring (bicyclic) bond motifs is 1. The van der Waals surface area contributed by atoms with Gasteiger partial charge in [-0.25, -0.2) is 9.37 Å². The minimum atomic E-state index is -0.284. The van der Waals surface area contributed by atoms with E-state index in [0.29, 0.717) is 17.6 Å². The Balaban J connectivity index is 1.82. The first kappa shape index (κ1) is 18.3. The second-order valence-corrected chi connectivity index (χ2v) is 6.64. The maximum Gasteiger partial charge on any atom is 0.252 e. The van der Waals surface area contributed by atoms with Crippen LogP contribution in [0, 0.1) is 5.82 Å². The van der Waals surface area contributed by atoms with E-state index in [1.165, 1.54) is 12.1 Å². The lowest BCUT2D eigenvalue weighted by Crippen LogP contribution is -2.34. The smallest absolute Gasteiger partial charge is 0.252 e. The molecule has 0 aliphatic carbocycles. The van der Waals surface area contributed by atoms with Crippen LogP contribution in [0.15, 0.2) is 54.6 Å². The van der Waals surface area contributed by atoms with Crippen LogP contribution in [0.2, 0.25) is 5.15 Å². The molecule has 0 bridgehead atoms. The van der Waals surface area contributed by atoms with Crippen LogP contribution in [-0.2, 0) is 0 Å². The van der Waals surface area contributed by atoms with Gasteiger partial charge < -0.3 is 10.2 Å². The summed E-state index contributed by atoms with van der Waals surface area (Å²) < 4.78 is 13.2. The zero-order valence-corrected chi connectivity index (χ0v) is 15.3. The maximum atomic E-state index is 13.2. The Bertz CT molecular complexity index is 928. The fourth-order valence-electron chi connectivity index (χ4n) is 2.90. The molecule has 6 heteroatoms. The van der Waals surface area contributed by atoms with Gasteiger partial charge in [-0.3, -0.25) is 4.79 Å². The molecule has 134 valence electrons. The summed E-state index contributed by atoms with van der Waals surface area (Å²) in [5.74, 6) is -0.507. The number of pyridine rings is 1. The SMILES string of the molecule is CN(C)C(CNC(=O)c1cc(Cl)nc2ccccc12)c1ccc(F)cc1. The molecule has 3 aromatic rings. The highest BCUT2D eigenvalue weighted by atomic mass is 35.5. The Labute approximate surface area is 156 Å². The zero-order valence-electron chi connectivity index (χ0n) is 14.5. The van der Waals surface area contributed by atoms with Crippen molar-refractivity contribution in [3.8, 4) is 0 Å². The number of rotatable bonds is 5. The van der Waals surface area contributed by atoms with Gasteiger partial charge in [-0.2, -0.15) is 0 Å². The monoisotopic (exact) mass is 371 g/mol. The molecule has 4 nitrogen and oxygen atoms in total. The Morgan fingerprint density at radius 1 is 1.19 bits per heavy atom. The molecule has 2 aromatic carbocycles. The van der Waals surface area contributed by atoms with Crippen LogP contribution in [-0.4, -0.2) is 36.4 Å². The highest BCUT2D eigenvalue weighted by molar-refractivity contribution is 6.30. The number of carbonyl (C=O) groups excluding carboxylic acids is 1. The van der Waals surface area contributed by atoms with E-state index in [9.17, 15) is 9.18 Å². The molecular weight excluding hydrogens is 353 g/mol. The van der Waals surface area contributed by atoms with Crippen LogP contribution in [0.4, 0.5) is 4.39 Å². The Hall–Kier alpha value is -2.50. The molecular formula is C20H19ClFN3O. The molecule has 26 heavy (non-hydrogen) atoms. The van der Waals surface area contributed by atoms with E-state index in [2.05, 4.69) is 10.3 Å². The predicted octanol–water partition coefficient (Wildman–Crippen LogP) is 4.06. The fourth-order valence-corrected chi connectivity index (χ4v) is 3.10. The molecule has 1 aromatic heterocycles. The number of para-hydroxylation sites is 1. The lowest BCUT2D eigenvalue weighted by Gasteiger charge is -2.25. The third-order valence-electron chi connectivity index (χ3n) is 4.26. The summed E-state index contributed by atoms with van der Waals surface area (Å²) in [5.41, 5.74) is 2.08. The van der Waals surface area contributed by atoms with Gasteiger partial charge in [-0.1, -0.05) is 41.9 Å². The van der Waals surface area contributed by atoms with Gasteiger partial charge >= 0.3 is 0 Å². The first-order valence-corrected chi connectivity index (χ1v) is 8.59. The molecule has 0 aliphatic rings. The summed E-state index contributed by atoms with van der Waals surface area (Å²) in [6, 6.07) is 15.2. The number of aromatic nitrogens is 1. The molecule has 0 radical (unpaired) electrons. The van der Waals surface area contributed by atoms with Crippen LogP contribution in [0.1, 0.15) is 22.0 Å². The van der Waals surface area contributed by atoms with Crippen molar-refractivity contribution >= 4 is 28.4 Å². The third kappa shape index (κ3) is 4.00. The number of likely N-dealkylation sites (N-methyl/N-ethyl adjacent to an activating group) is 1. The van der Waals surface area contributed by atoms with E-state index in [-0.39, 0.29) is 22.9 Å². The number of amides is 1. The second kappa shape index (κ2) is 7.81. The van der Waals surface area contributed by atoms with Crippen molar-refractivity contribution in [1.29, 1.82) is 0 Å². The normalized spacial score (nSPS) is 12.3. The molecule has 0 spiro atoms. The number of nitrogens with one attached hydrogen (secondary N) is 1. The van der Waals surface area contributed by atoms with Crippen molar-refractivity contribution < 1.29 is 9.18 Å². The van der Waals surface area contributed by atoms with Crippen molar-refractivity contribution in [3.05, 3.63) is 76.7 Å². The molecule has 0 fully saturated rings. The van der Waals surface area contributed by atoms with E-state index < -0.39 is 0 Å². The molecule has 1 N–H and O–H groups in total. The quantitative estimate of drug-likeness (QED) is 0.688. The van der Waals surface area contributed by atoms with Gasteiger partial charge in [0.15, 0.2) is 0 Å². The van der Waals surface area contributed by atoms with E-state index in [1.807, 2.05) is 43.3 Å².